The smallest absolute Gasteiger partial charge is 0.475 e. The normalized spacial score (nSPS) is 13.9. The molecular formula is C23H25F3N4O5. The molecule has 0 atom stereocenters. The zero-order chi connectivity index (χ0) is 25.6. The van der Waals surface area contributed by atoms with Gasteiger partial charge in [-0.3, -0.25) is 9.78 Å². The number of benzene rings is 2. The summed E-state index contributed by atoms with van der Waals surface area (Å²) in [6, 6.07) is 14.1. The summed E-state index contributed by atoms with van der Waals surface area (Å²) in [6.45, 7) is 6.26. The van der Waals surface area contributed by atoms with Crippen LogP contribution in [0.15, 0.2) is 51.7 Å². The number of aliphatic carboxylic acids is 1. The van der Waals surface area contributed by atoms with Gasteiger partial charge in [0, 0.05) is 51.9 Å². The SMILES string of the molecule is CC(=O)N1CCN(c2ccccc2CNCc2ccc3[nH]c(=O)oc3c2)CC1.O=C(O)C(F)(F)F. The molecule has 1 fully saturated rings. The van der Waals surface area contributed by atoms with E-state index in [1.54, 1.807) is 6.92 Å². The van der Waals surface area contributed by atoms with Crippen molar-refractivity contribution in [2.75, 3.05) is 31.1 Å². The maximum atomic E-state index is 11.5. The number of H-pyrrole nitrogens is 1. The third kappa shape index (κ3) is 7.09. The summed E-state index contributed by atoms with van der Waals surface area (Å²) in [5, 5.41) is 10.6. The van der Waals surface area contributed by atoms with Crippen molar-refractivity contribution < 1.29 is 32.3 Å². The molecule has 1 amide bonds. The second-order valence-corrected chi connectivity index (χ2v) is 7.87. The van der Waals surface area contributed by atoms with Crippen LogP contribution >= 0.6 is 0 Å². The second kappa shape index (κ2) is 11.1. The number of hydrogen-bond donors (Lipinski definition) is 3. The molecule has 0 bridgehead atoms. The Morgan fingerprint density at radius 1 is 1.09 bits per heavy atom. The lowest BCUT2D eigenvalue weighted by atomic mass is 10.1. The molecule has 0 saturated carbocycles. The predicted molar refractivity (Wildman–Crippen MR) is 122 cm³/mol. The Labute approximate surface area is 198 Å². The van der Waals surface area contributed by atoms with Gasteiger partial charge >= 0.3 is 17.9 Å². The average Bonchev–Trinajstić information content (AvgIpc) is 3.18. The minimum Gasteiger partial charge on any atom is -0.475 e. The Bertz CT molecular complexity index is 1230. The zero-order valence-electron chi connectivity index (χ0n) is 18.9. The number of amides is 1. The molecule has 0 spiro atoms. The second-order valence-electron chi connectivity index (χ2n) is 7.87. The highest BCUT2D eigenvalue weighted by molar-refractivity contribution is 5.74. The van der Waals surface area contributed by atoms with Crippen LogP contribution in [0.4, 0.5) is 18.9 Å². The summed E-state index contributed by atoms with van der Waals surface area (Å²) < 4.78 is 36.9. The van der Waals surface area contributed by atoms with Gasteiger partial charge in [-0.05, 0) is 29.3 Å². The molecular weight excluding hydrogens is 469 g/mol. The fourth-order valence-corrected chi connectivity index (χ4v) is 3.67. The number of aromatic amines is 1. The molecule has 3 aromatic rings. The van der Waals surface area contributed by atoms with Crippen molar-refractivity contribution in [3.8, 4) is 0 Å². The minimum atomic E-state index is -5.08. The third-order valence-corrected chi connectivity index (χ3v) is 5.43. The lowest BCUT2D eigenvalue weighted by molar-refractivity contribution is -0.192. The van der Waals surface area contributed by atoms with Gasteiger partial charge in [0.05, 0.1) is 5.52 Å². The van der Waals surface area contributed by atoms with Crippen molar-refractivity contribution in [1.29, 1.82) is 0 Å². The molecule has 0 unspecified atom stereocenters. The first-order valence-corrected chi connectivity index (χ1v) is 10.8. The van der Waals surface area contributed by atoms with Gasteiger partial charge in [-0.1, -0.05) is 24.3 Å². The minimum absolute atomic E-state index is 0.143. The van der Waals surface area contributed by atoms with Crippen molar-refractivity contribution in [3.05, 3.63) is 64.1 Å². The molecule has 0 radical (unpaired) electrons. The quantitative estimate of drug-likeness (QED) is 0.499. The van der Waals surface area contributed by atoms with Crippen LogP contribution in [-0.2, 0) is 22.7 Å². The van der Waals surface area contributed by atoms with Crippen molar-refractivity contribution in [2.45, 2.75) is 26.2 Å². The number of carbonyl (C=O) groups excluding carboxylic acids is 1. The van der Waals surface area contributed by atoms with Gasteiger partial charge < -0.3 is 24.6 Å². The molecule has 3 N–H and O–H groups in total. The standard InChI is InChI=1S/C21H24N4O3.C2HF3O2/c1-15(26)24-8-10-25(11-9-24)19-5-3-2-4-17(19)14-22-13-16-6-7-18-20(12-16)28-21(27)23-18;3-2(4,5)1(6)7/h2-7,12,22H,8-11,13-14H2,1H3,(H,23,27);(H,6,7). The molecule has 1 aliphatic rings. The number of carbonyl (C=O) groups is 2. The molecule has 9 nitrogen and oxygen atoms in total. The molecule has 1 aromatic heterocycles. The maximum Gasteiger partial charge on any atom is 0.490 e. The molecule has 1 saturated heterocycles. The number of aromatic nitrogens is 1. The van der Waals surface area contributed by atoms with Crippen LogP contribution in [0.3, 0.4) is 0 Å². The lowest BCUT2D eigenvalue weighted by Gasteiger charge is -2.36. The Kier molecular flexibility index (Phi) is 8.18. The summed E-state index contributed by atoms with van der Waals surface area (Å²) in [4.78, 5) is 38.6. The van der Waals surface area contributed by atoms with Crippen LogP contribution in [-0.4, -0.2) is 59.2 Å². The summed E-state index contributed by atoms with van der Waals surface area (Å²) >= 11 is 0. The molecule has 2 heterocycles. The lowest BCUT2D eigenvalue weighted by Crippen LogP contribution is -2.48. The van der Waals surface area contributed by atoms with Crippen LogP contribution in [0.5, 0.6) is 0 Å². The van der Waals surface area contributed by atoms with E-state index in [1.165, 1.54) is 11.3 Å². The number of piperazine rings is 1. The average molecular weight is 494 g/mol. The van der Waals surface area contributed by atoms with E-state index in [4.69, 9.17) is 14.3 Å². The Morgan fingerprint density at radius 2 is 1.74 bits per heavy atom. The van der Waals surface area contributed by atoms with Crippen LogP contribution < -0.4 is 16.0 Å². The van der Waals surface area contributed by atoms with Gasteiger partial charge in [0.25, 0.3) is 0 Å². The van der Waals surface area contributed by atoms with E-state index in [0.29, 0.717) is 17.6 Å². The summed E-state index contributed by atoms with van der Waals surface area (Å²) in [7, 11) is 0. The first kappa shape index (κ1) is 25.8. The molecule has 1 aliphatic heterocycles. The first-order valence-electron chi connectivity index (χ1n) is 10.8. The number of halogens is 3. The Hall–Kier alpha value is -3.80. The van der Waals surface area contributed by atoms with Crippen LogP contribution in [0.1, 0.15) is 18.1 Å². The van der Waals surface area contributed by atoms with Gasteiger partial charge in [0.1, 0.15) is 0 Å². The van der Waals surface area contributed by atoms with Gasteiger partial charge in [-0.15, -0.1) is 0 Å². The highest BCUT2D eigenvalue weighted by atomic mass is 19.4. The first-order chi connectivity index (χ1) is 16.5. The third-order valence-electron chi connectivity index (χ3n) is 5.43. The van der Waals surface area contributed by atoms with Crippen LogP contribution in [0.2, 0.25) is 0 Å². The predicted octanol–water partition coefficient (Wildman–Crippen LogP) is 2.71. The summed E-state index contributed by atoms with van der Waals surface area (Å²) in [6.07, 6.45) is -5.08. The fraction of sp³-hybridized carbons (Fsp3) is 0.348. The summed E-state index contributed by atoms with van der Waals surface area (Å²) in [5.74, 6) is -3.05. The molecule has 35 heavy (non-hydrogen) atoms. The monoisotopic (exact) mass is 494 g/mol. The number of alkyl halides is 3. The largest absolute Gasteiger partial charge is 0.490 e. The van der Waals surface area contributed by atoms with Gasteiger partial charge in [0.2, 0.25) is 5.91 Å². The van der Waals surface area contributed by atoms with E-state index in [1.807, 2.05) is 29.2 Å². The van der Waals surface area contributed by atoms with Gasteiger partial charge in [0.15, 0.2) is 5.58 Å². The van der Waals surface area contributed by atoms with E-state index in [2.05, 4.69) is 33.4 Å². The zero-order valence-corrected chi connectivity index (χ0v) is 18.9. The molecule has 188 valence electrons. The van der Waals surface area contributed by atoms with E-state index < -0.39 is 17.9 Å². The number of anilines is 1. The fourth-order valence-electron chi connectivity index (χ4n) is 3.67. The topological polar surface area (TPSA) is 119 Å². The molecule has 4 rings (SSSR count). The van der Waals surface area contributed by atoms with Crippen molar-refractivity contribution in [1.82, 2.24) is 15.2 Å². The van der Waals surface area contributed by atoms with E-state index in [-0.39, 0.29) is 5.91 Å². The molecule has 0 aliphatic carbocycles. The number of fused-ring (bicyclic) bond motifs is 1. The maximum absolute atomic E-state index is 11.5. The molecule has 12 heteroatoms. The van der Waals surface area contributed by atoms with Crippen molar-refractivity contribution in [3.63, 3.8) is 0 Å². The Morgan fingerprint density at radius 3 is 2.37 bits per heavy atom. The number of rotatable bonds is 5. The van der Waals surface area contributed by atoms with Crippen LogP contribution in [0.25, 0.3) is 11.1 Å². The van der Waals surface area contributed by atoms with Gasteiger partial charge in [-0.2, -0.15) is 13.2 Å². The van der Waals surface area contributed by atoms with Gasteiger partial charge in [-0.25, -0.2) is 9.59 Å². The number of nitrogens with one attached hydrogen (secondary N) is 2. The van der Waals surface area contributed by atoms with E-state index >= 15 is 0 Å². The number of nitrogens with zero attached hydrogens (tertiary/aromatic N) is 2. The van der Waals surface area contributed by atoms with E-state index in [0.717, 1.165) is 38.3 Å². The number of carboxylic acid groups (broad SMARTS) is 1. The van der Waals surface area contributed by atoms with Crippen LogP contribution in [0, 0.1) is 0 Å². The van der Waals surface area contributed by atoms with E-state index in [9.17, 15) is 22.8 Å². The number of para-hydroxylation sites is 1. The highest BCUT2D eigenvalue weighted by Gasteiger charge is 2.38. The summed E-state index contributed by atoms with van der Waals surface area (Å²) in [5.41, 5.74) is 4.79. The van der Waals surface area contributed by atoms with Crippen molar-refractivity contribution in [2.24, 2.45) is 0 Å². The Balaban J connectivity index is 0.000000429. The number of oxazole rings is 1. The highest BCUT2D eigenvalue weighted by Crippen LogP contribution is 2.22. The van der Waals surface area contributed by atoms with Crippen molar-refractivity contribution >= 4 is 28.7 Å². The number of hydrogen-bond acceptors (Lipinski definition) is 6. The molecule has 2 aromatic carbocycles. The number of carboxylic acids is 1.